The average Bonchev–Trinajstić information content (AvgIpc) is 2.71. The van der Waals surface area contributed by atoms with Gasteiger partial charge in [0.25, 0.3) is 5.69 Å². The van der Waals surface area contributed by atoms with Gasteiger partial charge in [-0.1, -0.05) is 0 Å². The Bertz CT molecular complexity index is 509. The van der Waals surface area contributed by atoms with Gasteiger partial charge in [-0.3, -0.25) is 14.9 Å². The fourth-order valence-electron chi connectivity index (χ4n) is 1.94. The Balaban J connectivity index is 2.32. The summed E-state index contributed by atoms with van der Waals surface area (Å²) in [5.74, 6) is 0.486. The number of hydrogen-bond donors (Lipinski definition) is 0. The van der Waals surface area contributed by atoms with E-state index in [2.05, 4.69) is 15.9 Å². The Hall–Kier alpha value is -1.14. The summed E-state index contributed by atoms with van der Waals surface area (Å²) < 4.78 is 0.400. The molecule has 0 aromatic heterocycles. The lowest BCUT2D eigenvalue weighted by Crippen LogP contribution is -2.24. The third-order valence-corrected chi connectivity index (χ3v) is 3.97. The van der Waals surface area contributed by atoms with Crippen LogP contribution in [-0.4, -0.2) is 23.3 Å². The predicted octanol–water partition coefficient (Wildman–Crippen LogP) is 2.95. The van der Waals surface area contributed by atoms with Gasteiger partial charge in [0.1, 0.15) is 0 Å². The van der Waals surface area contributed by atoms with Gasteiger partial charge in [-0.05, 0) is 34.0 Å². The van der Waals surface area contributed by atoms with E-state index in [1.54, 1.807) is 17.0 Å². The van der Waals surface area contributed by atoms with E-state index < -0.39 is 4.92 Å². The number of nitro benzene ring substituents is 1. The zero-order valence-electron chi connectivity index (χ0n) is 9.31. The summed E-state index contributed by atoms with van der Waals surface area (Å²) in [6, 6.07) is 4.67. The Morgan fingerprint density at radius 1 is 1.56 bits per heavy atom. The van der Waals surface area contributed by atoms with E-state index in [0.717, 1.165) is 0 Å². The van der Waals surface area contributed by atoms with Crippen LogP contribution < -0.4 is 4.90 Å². The number of nitro groups is 1. The standard InChI is InChI=1S/C11H10BrClN2O3/c12-9-2-1-8(4-10(9)15(17)18)14-6-7(5-13)3-11(14)16/h1-2,4,7H,3,5-6H2. The van der Waals surface area contributed by atoms with Gasteiger partial charge in [0.2, 0.25) is 5.91 Å². The lowest BCUT2D eigenvalue weighted by molar-refractivity contribution is -0.385. The molecular weight excluding hydrogens is 323 g/mol. The number of carbonyl (C=O) groups is 1. The molecule has 0 radical (unpaired) electrons. The molecule has 1 atom stereocenters. The Labute approximate surface area is 117 Å². The first-order chi connectivity index (χ1) is 8.52. The van der Waals surface area contributed by atoms with E-state index in [1.165, 1.54) is 6.07 Å². The minimum atomic E-state index is -0.479. The molecular formula is C11H10BrClN2O3. The smallest absolute Gasteiger partial charge is 0.285 e. The number of alkyl halides is 1. The van der Waals surface area contributed by atoms with E-state index in [1.807, 2.05) is 0 Å². The first-order valence-electron chi connectivity index (χ1n) is 5.33. The number of halogens is 2. The summed E-state index contributed by atoms with van der Waals surface area (Å²) >= 11 is 8.85. The molecule has 0 saturated carbocycles. The second-order valence-corrected chi connectivity index (χ2v) is 5.28. The van der Waals surface area contributed by atoms with Gasteiger partial charge >= 0.3 is 0 Å². The van der Waals surface area contributed by atoms with E-state index in [-0.39, 0.29) is 17.5 Å². The number of amides is 1. The normalized spacial score (nSPS) is 19.3. The molecule has 96 valence electrons. The Morgan fingerprint density at radius 3 is 2.83 bits per heavy atom. The van der Waals surface area contributed by atoms with Gasteiger partial charge in [-0.15, -0.1) is 11.6 Å². The minimum Gasteiger partial charge on any atom is -0.312 e. The van der Waals surface area contributed by atoms with E-state index >= 15 is 0 Å². The van der Waals surface area contributed by atoms with Crippen LogP contribution in [0.3, 0.4) is 0 Å². The molecule has 0 spiro atoms. The van der Waals surface area contributed by atoms with Crippen molar-refractivity contribution in [3.63, 3.8) is 0 Å². The third kappa shape index (κ3) is 2.49. The van der Waals surface area contributed by atoms with Crippen molar-refractivity contribution in [2.45, 2.75) is 6.42 Å². The molecule has 1 aliphatic rings. The van der Waals surface area contributed by atoms with Gasteiger partial charge in [-0.2, -0.15) is 0 Å². The summed E-state index contributed by atoms with van der Waals surface area (Å²) in [5.41, 5.74) is 0.497. The largest absolute Gasteiger partial charge is 0.312 e. The maximum atomic E-state index is 11.8. The molecule has 1 unspecified atom stereocenters. The molecule has 1 aliphatic heterocycles. The molecule has 1 aromatic rings. The average molecular weight is 334 g/mol. The van der Waals surface area contributed by atoms with Gasteiger partial charge in [-0.25, -0.2) is 0 Å². The molecule has 7 heteroatoms. The van der Waals surface area contributed by atoms with Gasteiger partial charge in [0.15, 0.2) is 0 Å². The summed E-state index contributed by atoms with van der Waals surface area (Å²) in [6.45, 7) is 0.515. The van der Waals surface area contributed by atoms with Crippen molar-refractivity contribution in [3.8, 4) is 0 Å². The second kappa shape index (κ2) is 5.24. The van der Waals surface area contributed by atoms with Gasteiger partial charge in [0.05, 0.1) is 15.1 Å². The molecule has 1 heterocycles. The summed E-state index contributed by atoms with van der Waals surface area (Å²) in [5, 5.41) is 10.8. The van der Waals surface area contributed by atoms with Crippen LogP contribution in [0.1, 0.15) is 6.42 Å². The van der Waals surface area contributed by atoms with Crippen LogP contribution >= 0.6 is 27.5 Å². The van der Waals surface area contributed by atoms with E-state index in [4.69, 9.17) is 11.6 Å². The molecule has 1 aromatic carbocycles. The molecule has 5 nitrogen and oxygen atoms in total. The maximum Gasteiger partial charge on any atom is 0.285 e. The van der Waals surface area contributed by atoms with E-state index in [9.17, 15) is 14.9 Å². The van der Waals surface area contributed by atoms with E-state index in [0.29, 0.717) is 29.0 Å². The van der Waals surface area contributed by atoms with Crippen LogP contribution in [0.5, 0.6) is 0 Å². The quantitative estimate of drug-likeness (QED) is 0.485. The fraction of sp³-hybridized carbons (Fsp3) is 0.364. The lowest BCUT2D eigenvalue weighted by Gasteiger charge is -2.16. The first kappa shape index (κ1) is 13.3. The van der Waals surface area contributed by atoms with Crippen LogP contribution in [0.25, 0.3) is 0 Å². The van der Waals surface area contributed by atoms with Crippen molar-refractivity contribution in [1.29, 1.82) is 0 Å². The third-order valence-electron chi connectivity index (χ3n) is 2.86. The second-order valence-electron chi connectivity index (χ2n) is 4.12. The predicted molar refractivity (Wildman–Crippen MR) is 72.0 cm³/mol. The number of nitrogens with zero attached hydrogens (tertiary/aromatic N) is 2. The molecule has 1 saturated heterocycles. The van der Waals surface area contributed by atoms with Crippen LogP contribution in [0, 0.1) is 16.0 Å². The zero-order chi connectivity index (χ0) is 13.3. The van der Waals surface area contributed by atoms with Crippen LogP contribution in [0.2, 0.25) is 0 Å². The van der Waals surface area contributed by atoms with Crippen LogP contribution in [-0.2, 0) is 4.79 Å². The monoisotopic (exact) mass is 332 g/mol. The number of benzene rings is 1. The highest BCUT2D eigenvalue weighted by Crippen LogP contribution is 2.32. The molecule has 1 amide bonds. The first-order valence-corrected chi connectivity index (χ1v) is 6.66. The van der Waals surface area contributed by atoms with Crippen LogP contribution in [0.15, 0.2) is 22.7 Å². The highest BCUT2D eigenvalue weighted by atomic mass is 79.9. The Kier molecular flexibility index (Phi) is 3.87. The van der Waals surface area contributed by atoms with Crippen molar-refractivity contribution < 1.29 is 9.72 Å². The summed E-state index contributed by atoms with van der Waals surface area (Å²) in [7, 11) is 0. The molecule has 0 bridgehead atoms. The highest BCUT2D eigenvalue weighted by Gasteiger charge is 2.30. The number of rotatable bonds is 3. The van der Waals surface area contributed by atoms with Crippen molar-refractivity contribution in [1.82, 2.24) is 0 Å². The van der Waals surface area contributed by atoms with Crippen molar-refractivity contribution in [3.05, 3.63) is 32.8 Å². The van der Waals surface area contributed by atoms with Gasteiger partial charge < -0.3 is 4.90 Å². The molecule has 0 aliphatic carbocycles. The van der Waals surface area contributed by atoms with Crippen molar-refractivity contribution in [2.75, 3.05) is 17.3 Å². The molecule has 18 heavy (non-hydrogen) atoms. The minimum absolute atomic E-state index is 0.0442. The van der Waals surface area contributed by atoms with Crippen LogP contribution in [0.4, 0.5) is 11.4 Å². The maximum absolute atomic E-state index is 11.8. The summed E-state index contributed by atoms with van der Waals surface area (Å²) in [4.78, 5) is 23.7. The Morgan fingerprint density at radius 2 is 2.28 bits per heavy atom. The summed E-state index contributed by atoms with van der Waals surface area (Å²) in [6.07, 6.45) is 0.396. The van der Waals surface area contributed by atoms with Gasteiger partial charge in [0, 0.05) is 24.9 Å². The topological polar surface area (TPSA) is 63.5 Å². The zero-order valence-corrected chi connectivity index (χ0v) is 11.6. The molecule has 1 fully saturated rings. The lowest BCUT2D eigenvalue weighted by atomic mass is 10.1. The number of carbonyl (C=O) groups excluding carboxylic acids is 1. The van der Waals surface area contributed by atoms with Crippen molar-refractivity contribution in [2.24, 2.45) is 5.92 Å². The highest BCUT2D eigenvalue weighted by molar-refractivity contribution is 9.10. The molecule has 0 N–H and O–H groups in total. The molecule has 2 rings (SSSR count). The SMILES string of the molecule is O=C1CC(CCl)CN1c1ccc(Br)c([N+](=O)[O-])c1. The fourth-order valence-corrected chi connectivity index (χ4v) is 2.54. The number of hydrogen-bond acceptors (Lipinski definition) is 3. The number of anilines is 1. The van der Waals surface area contributed by atoms with Crippen molar-refractivity contribution >= 4 is 44.8 Å².